The molecule has 0 spiro atoms. The van der Waals surface area contributed by atoms with Crippen molar-refractivity contribution in [3.8, 4) is 0 Å². The van der Waals surface area contributed by atoms with Crippen molar-refractivity contribution < 1.29 is 14.5 Å². The number of nitro groups is 1. The Morgan fingerprint density at radius 1 is 1.18 bits per heavy atom. The largest absolute Gasteiger partial charge is 0.351 e. The first kappa shape index (κ1) is 20.0. The summed E-state index contributed by atoms with van der Waals surface area (Å²) in [5, 5.41) is 17.6. The molecule has 1 fully saturated rings. The highest BCUT2D eigenvalue weighted by Gasteiger charge is 2.22. The molecule has 28 heavy (non-hydrogen) atoms. The van der Waals surface area contributed by atoms with E-state index >= 15 is 0 Å². The van der Waals surface area contributed by atoms with Crippen LogP contribution in [-0.4, -0.2) is 65.8 Å². The molecule has 1 saturated heterocycles. The van der Waals surface area contributed by atoms with E-state index in [-0.39, 0.29) is 23.1 Å². The van der Waals surface area contributed by atoms with Crippen molar-refractivity contribution >= 4 is 28.8 Å². The summed E-state index contributed by atoms with van der Waals surface area (Å²) in [7, 11) is 0. The third-order valence-corrected chi connectivity index (χ3v) is 5.49. The van der Waals surface area contributed by atoms with E-state index in [1.807, 2.05) is 21.7 Å². The first-order valence-electron chi connectivity index (χ1n) is 9.03. The average Bonchev–Trinajstić information content (AvgIpc) is 3.23. The molecule has 1 N–H and O–H groups in total. The van der Waals surface area contributed by atoms with Crippen LogP contribution < -0.4 is 5.32 Å². The summed E-state index contributed by atoms with van der Waals surface area (Å²) in [5.74, 6) is -0.260. The van der Waals surface area contributed by atoms with Crippen LogP contribution >= 0.6 is 11.3 Å². The SMILES string of the molecule is Cc1ccc(C(=O)NCCN2CCN(C(=O)c3ccsc3)CC2)cc1[N+](=O)[O-]. The summed E-state index contributed by atoms with van der Waals surface area (Å²) in [6.45, 7) is 5.57. The van der Waals surface area contributed by atoms with E-state index in [9.17, 15) is 19.7 Å². The normalized spacial score (nSPS) is 14.7. The highest BCUT2D eigenvalue weighted by Crippen LogP contribution is 2.19. The lowest BCUT2D eigenvalue weighted by molar-refractivity contribution is -0.385. The Bertz CT molecular complexity index is 861. The van der Waals surface area contributed by atoms with Crippen LogP contribution in [0.25, 0.3) is 0 Å². The fraction of sp³-hybridized carbons (Fsp3) is 0.368. The van der Waals surface area contributed by atoms with E-state index in [2.05, 4.69) is 10.2 Å². The lowest BCUT2D eigenvalue weighted by Gasteiger charge is -2.34. The summed E-state index contributed by atoms with van der Waals surface area (Å²) < 4.78 is 0. The molecule has 2 aromatic rings. The molecule has 0 saturated carbocycles. The number of benzene rings is 1. The molecule has 0 radical (unpaired) electrons. The minimum atomic E-state index is -0.483. The summed E-state index contributed by atoms with van der Waals surface area (Å²) in [6, 6.07) is 6.31. The van der Waals surface area contributed by atoms with Crippen LogP contribution in [-0.2, 0) is 0 Å². The third kappa shape index (κ3) is 4.73. The van der Waals surface area contributed by atoms with Crippen LogP contribution in [0.4, 0.5) is 5.69 Å². The van der Waals surface area contributed by atoms with Gasteiger partial charge in [-0.3, -0.25) is 24.6 Å². The zero-order valence-corrected chi connectivity index (χ0v) is 16.4. The Hall–Kier alpha value is -2.78. The molecule has 0 atom stereocenters. The smallest absolute Gasteiger partial charge is 0.273 e. The van der Waals surface area contributed by atoms with Crippen molar-refractivity contribution in [1.82, 2.24) is 15.1 Å². The van der Waals surface area contributed by atoms with Crippen LogP contribution in [0.15, 0.2) is 35.0 Å². The number of nitrogens with one attached hydrogen (secondary N) is 1. The Balaban J connectivity index is 1.44. The molecule has 148 valence electrons. The molecule has 1 aromatic heterocycles. The Morgan fingerprint density at radius 2 is 1.93 bits per heavy atom. The second-order valence-corrected chi connectivity index (χ2v) is 7.44. The quantitative estimate of drug-likeness (QED) is 0.590. The number of carbonyl (C=O) groups excluding carboxylic acids is 2. The van der Waals surface area contributed by atoms with E-state index in [1.54, 1.807) is 19.1 Å². The fourth-order valence-electron chi connectivity index (χ4n) is 3.12. The molecule has 9 heteroatoms. The van der Waals surface area contributed by atoms with Crippen molar-refractivity contribution in [2.75, 3.05) is 39.3 Å². The predicted octanol–water partition coefficient (Wildman–Crippen LogP) is 2.15. The predicted molar refractivity (Wildman–Crippen MR) is 107 cm³/mol. The van der Waals surface area contributed by atoms with Gasteiger partial charge in [0.2, 0.25) is 0 Å². The molecular formula is C19H22N4O4S. The molecule has 1 aliphatic heterocycles. The van der Waals surface area contributed by atoms with Gasteiger partial charge in [-0.2, -0.15) is 11.3 Å². The number of piperazine rings is 1. The molecule has 2 heterocycles. The van der Waals surface area contributed by atoms with E-state index in [4.69, 9.17) is 0 Å². The molecule has 2 amide bonds. The highest BCUT2D eigenvalue weighted by molar-refractivity contribution is 7.08. The van der Waals surface area contributed by atoms with Gasteiger partial charge in [0.25, 0.3) is 17.5 Å². The van der Waals surface area contributed by atoms with Gasteiger partial charge in [-0.1, -0.05) is 6.07 Å². The number of aryl methyl sites for hydroxylation is 1. The number of carbonyl (C=O) groups is 2. The number of rotatable bonds is 6. The van der Waals surface area contributed by atoms with Crippen molar-refractivity contribution in [2.45, 2.75) is 6.92 Å². The van der Waals surface area contributed by atoms with E-state index in [1.165, 1.54) is 17.4 Å². The molecule has 0 aliphatic carbocycles. The van der Waals surface area contributed by atoms with Gasteiger partial charge < -0.3 is 10.2 Å². The lowest BCUT2D eigenvalue weighted by Crippen LogP contribution is -2.50. The second-order valence-electron chi connectivity index (χ2n) is 6.66. The van der Waals surface area contributed by atoms with Crippen LogP contribution in [0.1, 0.15) is 26.3 Å². The van der Waals surface area contributed by atoms with Gasteiger partial charge in [-0.05, 0) is 24.4 Å². The summed E-state index contributed by atoms with van der Waals surface area (Å²) in [4.78, 5) is 39.1. The third-order valence-electron chi connectivity index (χ3n) is 4.81. The van der Waals surface area contributed by atoms with Crippen LogP contribution in [0.5, 0.6) is 0 Å². The van der Waals surface area contributed by atoms with Crippen LogP contribution in [0, 0.1) is 17.0 Å². The number of hydrogen-bond acceptors (Lipinski definition) is 6. The van der Waals surface area contributed by atoms with Crippen LogP contribution in [0.3, 0.4) is 0 Å². The number of nitro benzene ring substituents is 1. The number of nitrogens with zero attached hydrogens (tertiary/aromatic N) is 3. The Morgan fingerprint density at radius 3 is 2.57 bits per heavy atom. The Kier molecular flexibility index (Phi) is 6.37. The van der Waals surface area contributed by atoms with Crippen LogP contribution in [0.2, 0.25) is 0 Å². The topological polar surface area (TPSA) is 95.8 Å². The summed E-state index contributed by atoms with van der Waals surface area (Å²) in [5.41, 5.74) is 1.48. The first-order valence-corrected chi connectivity index (χ1v) is 9.97. The monoisotopic (exact) mass is 402 g/mol. The van der Waals surface area contributed by atoms with Crippen molar-refractivity contribution in [3.63, 3.8) is 0 Å². The van der Waals surface area contributed by atoms with Gasteiger partial charge in [0.15, 0.2) is 0 Å². The first-order chi connectivity index (χ1) is 13.5. The molecule has 8 nitrogen and oxygen atoms in total. The van der Waals surface area contributed by atoms with E-state index < -0.39 is 4.92 Å². The van der Waals surface area contributed by atoms with Crippen molar-refractivity contribution in [1.29, 1.82) is 0 Å². The fourth-order valence-corrected chi connectivity index (χ4v) is 3.75. The second kappa shape index (κ2) is 8.94. The van der Waals surface area contributed by atoms with Gasteiger partial charge >= 0.3 is 0 Å². The zero-order chi connectivity index (χ0) is 20.1. The number of amides is 2. The molecular weight excluding hydrogens is 380 g/mol. The molecule has 3 rings (SSSR count). The maximum absolute atomic E-state index is 12.3. The molecule has 0 unspecified atom stereocenters. The zero-order valence-electron chi connectivity index (χ0n) is 15.6. The Labute approximate surface area is 166 Å². The maximum atomic E-state index is 12.3. The molecule has 1 aromatic carbocycles. The number of thiophene rings is 1. The van der Waals surface area contributed by atoms with Crippen molar-refractivity contribution in [2.24, 2.45) is 0 Å². The van der Waals surface area contributed by atoms with Gasteiger partial charge in [-0.15, -0.1) is 0 Å². The number of hydrogen-bond donors (Lipinski definition) is 1. The van der Waals surface area contributed by atoms with E-state index in [0.29, 0.717) is 31.7 Å². The standard InChI is InChI=1S/C19H22N4O4S/c1-14-2-3-15(12-17(14)23(26)27)18(24)20-5-6-21-7-9-22(10-8-21)19(25)16-4-11-28-13-16/h2-4,11-13H,5-10H2,1H3,(H,20,24). The average molecular weight is 402 g/mol. The van der Waals surface area contributed by atoms with Gasteiger partial charge in [0, 0.05) is 61.8 Å². The summed E-state index contributed by atoms with van der Waals surface area (Å²) >= 11 is 1.51. The van der Waals surface area contributed by atoms with Gasteiger partial charge in [0.1, 0.15) is 0 Å². The molecule has 1 aliphatic rings. The minimum Gasteiger partial charge on any atom is -0.351 e. The molecule has 0 bridgehead atoms. The lowest BCUT2D eigenvalue weighted by atomic mass is 10.1. The van der Waals surface area contributed by atoms with Crippen molar-refractivity contribution in [3.05, 3.63) is 61.8 Å². The van der Waals surface area contributed by atoms with Gasteiger partial charge in [-0.25, -0.2) is 0 Å². The summed E-state index contributed by atoms with van der Waals surface area (Å²) in [6.07, 6.45) is 0. The van der Waals surface area contributed by atoms with Gasteiger partial charge in [0.05, 0.1) is 10.5 Å². The maximum Gasteiger partial charge on any atom is 0.273 e. The highest BCUT2D eigenvalue weighted by atomic mass is 32.1. The minimum absolute atomic E-state index is 0.0564. The van der Waals surface area contributed by atoms with E-state index in [0.717, 1.165) is 18.7 Å².